The molecule has 0 saturated heterocycles. The van der Waals surface area contributed by atoms with Gasteiger partial charge in [0.15, 0.2) is 6.73 Å². The Labute approximate surface area is 132 Å². The van der Waals surface area contributed by atoms with Crippen LogP contribution in [0.15, 0.2) is 28.7 Å². The largest absolute Gasteiger partial charge is 0.465 e. The van der Waals surface area contributed by atoms with Gasteiger partial charge in [-0.15, -0.1) is 0 Å². The van der Waals surface area contributed by atoms with E-state index in [1.165, 1.54) is 0 Å². The third-order valence-electron chi connectivity index (χ3n) is 3.97. The molecule has 0 fully saturated rings. The molecule has 6 nitrogen and oxygen atoms in total. The molecule has 0 spiro atoms. The molecule has 1 aromatic heterocycles. The molecular formula is C17H15NO5. The van der Waals surface area contributed by atoms with Crippen molar-refractivity contribution in [2.75, 3.05) is 6.73 Å². The molecule has 0 radical (unpaired) electrons. The Balaban J connectivity index is 1.76. The standard InChI is InChI=1S/C17H15NO5/c1-9-10(2)23-11(3)14(9)17(21)22-8-18-15(19)12-6-4-5-7-13(12)16(18)20/h4-7H,8H2,1-3H3. The second kappa shape index (κ2) is 5.39. The van der Waals surface area contributed by atoms with Crippen LogP contribution in [0.5, 0.6) is 0 Å². The molecule has 118 valence electrons. The molecule has 2 heterocycles. The fraction of sp³-hybridized carbons (Fsp3) is 0.235. The number of benzene rings is 1. The van der Waals surface area contributed by atoms with Crippen molar-refractivity contribution in [3.05, 3.63) is 58.0 Å². The van der Waals surface area contributed by atoms with Gasteiger partial charge in [0.05, 0.1) is 11.1 Å². The number of carbonyl (C=O) groups is 3. The van der Waals surface area contributed by atoms with Crippen LogP contribution in [0.1, 0.15) is 48.2 Å². The van der Waals surface area contributed by atoms with Crippen molar-refractivity contribution in [2.45, 2.75) is 20.8 Å². The van der Waals surface area contributed by atoms with Crippen LogP contribution in [0.3, 0.4) is 0 Å². The zero-order valence-corrected chi connectivity index (χ0v) is 13.0. The first-order chi connectivity index (χ1) is 10.9. The molecule has 0 aliphatic carbocycles. The summed E-state index contributed by atoms with van der Waals surface area (Å²) >= 11 is 0. The third-order valence-corrected chi connectivity index (χ3v) is 3.97. The SMILES string of the molecule is Cc1oc(C)c(C(=O)OCN2C(=O)c3ccccc3C2=O)c1C. The van der Waals surface area contributed by atoms with Crippen LogP contribution in [-0.2, 0) is 4.74 Å². The number of amides is 2. The van der Waals surface area contributed by atoms with Crippen molar-refractivity contribution in [1.82, 2.24) is 4.90 Å². The minimum absolute atomic E-state index is 0.320. The zero-order chi connectivity index (χ0) is 16.7. The number of carbonyl (C=O) groups excluding carboxylic acids is 3. The zero-order valence-electron chi connectivity index (χ0n) is 13.0. The van der Waals surface area contributed by atoms with Crippen LogP contribution in [0.25, 0.3) is 0 Å². The molecule has 2 aromatic rings. The van der Waals surface area contributed by atoms with Gasteiger partial charge < -0.3 is 9.15 Å². The van der Waals surface area contributed by atoms with Gasteiger partial charge in [-0.3, -0.25) is 9.59 Å². The highest BCUT2D eigenvalue weighted by molar-refractivity contribution is 6.21. The molecule has 1 aliphatic rings. The lowest BCUT2D eigenvalue weighted by Crippen LogP contribution is -2.33. The van der Waals surface area contributed by atoms with Gasteiger partial charge in [-0.2, -0.15) is 0 Å². The summed E-state index contributed by atoms with van der Waals surface area (Å²) in [5.74, 6) is -0.457. The fourth-order valence-electron chi connectivity index (χ4n) is 2.65. The molecule has 1 aliphatic heterocycles. The van der Waals surface area contributed by atoms with E-state index in [0.717, 1.165) is 4.90 Å². The van der Waals surface area contributed by atoms with Gasteiger partial charge in [-0.05, 0) is 32.9 Å². The first kappa shape index (κ1) is 15.0. The molecule has 2 amide bonds. The lowest BCUT2D eigenvalue weighted by Gasteiger charge is -2.13. The van der Waals surface area contributed by atoms with Gasteiger partial charge in [0.25, 0.3) is 11.8 Å². The number of nitrogens with zero attached hydrogens (tertiary/aromatic N) is 1. The van der Waals surface area contributed by atoms with Crippen molar-refractivity contribution in [1.29, 1.82) is 0 Å². The van der Waals surface area contributed by atoms with Crippen molar-refractivity contribution >= 4 is 17.8 Å². The Morgan fingerprint density at radius 1 is 1.04 bits per heavy atom. The van der Waals surface area contributed by atoms with Gasteiger partial charge in [0.1, 0.15) is 17.1 Å². The highest BCUT2D eigenvalue weighted by atomic mass is 16.5. The quantitative estimate of drug-likeness (QED) is 0.643. The molecule has 0 saturated carbocycles. The summed E-state index contributed by atoms with van der Waals surface area (Å²) in [7, 11) is 0. The third kappa shape index (κ3) is 2.32. The van der Waals surface area contributed by atoms with E-state index in [-0.39, 0.29) is 0 Å². The predicted octanol–water partition coefficient (Wildman–Crippen LogP) is 2.62. The highest BCUT2D eigenvalue weighted by Gasteiger charge is 2.36. The molecule has 0 atom stereocenters. The van der Waals surface area contributed by atoms with Crippen molar-refractivity contribution in [2.24, 2.45) is 0 Å². The Morgan fingerprint density at radius 3 is 2.09 bits per heavy atom. The molecule has 0 bridgehead atoms. The number of furan rings is 1. The van der Waals surface area contributed by atoms with Crippen molar-refractivity contribution in [3.63, 3.8) is 0 Å². The van der Waals surface area contributed by atoms with E-state index >= 15 is 0 Å². The molecule has 0 unspecified atom stereocenters. The Bertz CT molecular complexity index is 799. The topological polar surface area (TPSA) is 76.8 Å². The average Bonchev–Trinajstić information content (AvgIpc) is 2.92. The monoisotopic (exact) mass is 313 g/mol. The second-order valence-electron chi connectivity index (χ2n) is 5.36. The Morgan fingerprint density at radius 2 is 1.61 bits per heavy atom. The molecule has 3 rings (SSSR count). The molecule has 23 heavy (non-hydrogen) atoms. The number of esters is 1. The Kier molecular flexibility index (Phi) is 3.52. The minimum atomic E-state index is -0.617. The summed E-state index contributed by atoms with van der Waals surface area (Å²) in [6, 6.07) is 6.51. The summed E-state index contributed by atoms with van der Waals surface area (Å²) in [5, 5.41) is 0. The smallest absolute Gasteiger partial charge is 0.343 e. The van der Waals surface area contributed by atoms with Crippen molar-refractivity contribution in [3.8, 4) is 0 Å². The number of aryl methyl sites for hydroxylation is 2. The van der Waals surface area contributed by atoms with Crippen LogP contribution in [-0.4, -0.2) is 29.4 Å². The summed E-state index contributed by atoms with van der Waals surface area (Å²) in [4.78, 5) is 37.5. The summed E-state index contributed by atoms with van der Waals surface area (Å²) < 4.78 is 10.5. The first-order valence-corrected chi connectivity index (χ1v) is 7.10. The van der Waals surface area contributed by atoms with Crippen LogP contribution in [0.4, 0.5) is 0 Å². The van der Waals surface area contributed by atoms with E-state index in [0.29, 0.717) is 33.8 Å². The molecule has 6 heteroatoms. The van der Waals surface area contributed by atoms with E-state index < -0.39 is 24.5 Å². The fourth-order valence-corrected chi connectivity index (χ4v) is 2.65. The minimum Gasteiger partial charge on any atom is -0.465 e. The molecule has 0 N–H and O–H groups in total. The lowest BCUT2D eigenvalue weighted by atomic mass is 10.1. The van der Waals surface area contributed by atoms with E-state index in [2.05, 4.69) is 0 Å². The van der Waals surface area contributed by atoms with Gasteiger partial charge in [-0.1, -0.05) is 12.1 Å². The number of hydrogen-bond donors (Lipinski definition) is 0. The van der Waals surface area contributed by atoms with Crippen molar-refractivity contribution < 1.29 is 23.5 Å². The van der Waals surface area contributed by atoms with Gasteiger partial charge in [0, 0.05) is 5.56 Å². The first-order valence-electron chi connectivity index (χ1n) is 7.10. The molecule has 1 aromatic carbocycles. The van der Waals surface area contributed by atoms with Gasteiger partial charge in [-0.25, -0.2) is 9.69 Å². The Hall–Kier alpha value is -2.89. The molecular weight excluding hydrogens is 298 g/mol. The number of ether oxygens (including phenoxy) is 1. The second-order valence-corrected chi connectivity index (χ2v) is 5.36. The van der Waals surface area contributed by atoms with E-state index in [4.69, 9.17) is 9.15 Å². The summed E-state index contributed by atoms with van der Waals surface area (Å²) in [6.45, 7) is 4.75. The van der Waals surface area contributed by atoms with Crippen LogP contribution >= 0.6 is 0 Å². The maximum absolute atomic E-state index is 12.2. The maximum Gasteiger partial charge on any atom is 0.343 e. The van der Waals surface area contributed by atoms with Crippen LogP contribution in [0.2, 0.25) is 0 Å². The van der Waals surface area contributed by atoms with Gasteiger partial charge >= 0.3 is 5.97 Å². The van der Waals surface area contributed by atoms with E-state index in [1.807, 2.05) is 0 Å². The summed E-state index contributed by atoms with van der Waals surface area (Å²) in [5.41, 5.74) is 1.66. The van der Waals surface area contributed by atoms with Crippen LogP contribution < -0.4 is 0 Å². The van der Waals surface area contributed by atoms with E-state index in [9.17, 15) is 14.4 Å². The normalized spacial score (nSPS) is 13.4. The number of rotatable bonds is 3. The lowest BCUT2D eigenvalue weighted by molar-refractivity contribution is 0.0226. The number of hydrogen-bond acceptors (Lipinski definition) is 5. The number of fused-ring (bicyclic) bond motifs is 1. The highest BCUT2D eigenvalue weighted by Crippen LogP contribution is 2.24. The van der Waals surface area contributed by atoms with Gasteiger partial charge in [0.2, 0.25) is 0 Å². The summed E-state index contributed by atoms with van der Waals surface area (Å²) in [6.07, 6.45) is 0. The predicted molar refractivity (Wildman–Crippen MR) is 80.1 cm³/mol. The van der Waals surface area contributed by atoms with E-state index in [1.54, 1.807) is 45.0 Å². The van der Waals surface area contributed by atoms with Crippen LogP contribution in [0, 0.1) is 20.8 Å². The number of imide groups is 1. The maximum atomic E-state index is 12.2. The average molecular weight is 313 g/mol.